The second kappa shape index (κ2) is 4.62. The van der Waals surface area contributed by atoms with E-state index in [1.54, 1.807) is 20.2 Å². The van der Waals surface area contributed by atoms with Gasteiger partial charge in [0.15, 0.2) is 11.3 Å². The van der Waals surface area contributed by atoms with E-state index in [4.69, 9.17) is 0 Å². The van der Waals surface area contributed by atoms with Crippen molar-refractivity contribution in [1.29, 1.82) is 0 Å². The lowest BCUT2D eigenvalue weighted by atomic mass is 10.4. The van der Waals surface area contributed by atoms with E-state index in [-0.39, 0.29) is 17.6 Å². The molecule has 1 saturated carbocycles. The van der Waals surface area contributed by atoms with E-state index in [1.807, 2.05) is 0 Å². The molecule has 2 aromatic heterocycles. The number of halogens is 1. The quantitative estimate of drug-likeness (QED) is 0.765. The zero-order valence-electron chi connectivity index (χ0n) is 11.1. The molecule has 20 heavy (non-hydrogen) atoms. The Hall–Kier alpha value is -2.38. The van der Waals surface area contributed by atoms with Gasteiger partial charge in [0.1, 0.15) is 12.0 Å². The third-order valence-corrected chi connectivity index (χ3v) is 3.25. The Kier molecular flexibility index (Phi) is 2.92. The molecule has 8 heteroatoms. The second-order valence-corrected chi connectivity index (χ2v) is 4.65. The Balaban J connectivity index is 2.00. The van der Waals surface area contributed by atoms with Crippen LogP contribution < -0.4 is 16.0 Å². The Morgan fingerprint density at radius 1 is 1.45 bits per heavy atom. The maximum atomic E-state index is 12.9. The van der Waals surface area contributed by atoms with Crippen molar-refractivity contribution in [3.63, 3.8) is 0 Å². The van der Waals surface area contributed by atoms with Gasteiger partial charge in [0.25, 0.3) is 5.91 Å². The number of aromatic nitrogens is 3. The SMILES string of the molecule is CNc1cc(NC)c2ncc(C(=O)N[C@@H]3C[C@@H]3F)n2n1. The summed E-state index contributed by atoms with van der Waals surface area (Å²) in [6, 6.07) is 1.41. The van der Waals surface area contributed by atoms with Crippen molar-refractivity contribution >= 4 is 23.1 Å². The Labute approximate surface area is 114 Å². The maximum absolute atomic E-state index is 12.9. The number of nitrogens with one attached hydrogen (secondary N) is 3. The number of anilines is 2. The van der Waals surface area contributed by atoms with Gasteiger partial charge in [0, 0.05) is 26.6 Å². The predicted octanol–water partition coefficient (Wildman–Crippen LogP) is 0.653. The summed E-state index contributed by atoms with van der Waals surface area (Å²) < 4.78 is 14.3. The van der Waals surface area contributed by atoms with E-state index in [9.17, 15) is 9.18 Å². The summed E-state index contributed by atoms with van der Waals surface area (Å²) in [4.78, 5) is 16.3. The minimum Gasteiger partial charge on any atom is -0.385 e. The maximum Gasteiger partial charge on any atom is 0.271 e. The lowest BCUT2D eigenvalue weighted by molar-refractivity contribution is 0.0940. The minimum atomic E-state index is -0.938. The van der Waals surface area contributed by atoms with Crippen molar-refractivity contribution in [2.75, 3.05) is 24.7 Å². The topological polar surface area (TPSA) is 83.3 Å². The van der Waals surface area contributed by atoms with E-state index in [2.05, 4.69) is 26.0 Å². The normalized spacial score (nSPS) is 20.8. The van der Waals surface area contributed by atoms with Gasteiger partial charge in [-0.05, 0) is 0 Å². The first-order chi connectivity index (χ1) is 9.63. The average molecular weight is 278 g/mol. The zero-order chi connectivity index (χ0) is 14.3. The Morgan fingerprint density at radius 3 is 2.80 bits per heavy atom. The predicted molar refractivity (Wildman–Crippen MR) is 72.8 cm³/mol. The first kappa shape index (κ1) is 12.6. The molecule has 0 radical (unpaired) electrons. The average Bonchev–Trinajstić information content (AvgIpc) is 2.98. The van der Waals surface area contributed by atoms with Gasteiger partial charge in [-0.3, -0.25) is 4.79 Å². The van der Waals surface area contributed by atoms with Crippen LogP contribution in [0.1, 0.15) is 16.9 Å². The van der Waals surface area contributed by atoms with Gasteiger partial charge in [0.05, 0.1) is 17.9 Å². The van der Waals surface area contributed by atoms with Crippen LogP contribution in [0.4, 0.5) is 15.9 Å². The summed E-state index contributed by atoms with van der Waals surface area (Å²) in [5, 5.41) is 12.8. The molecule has 2 heterocycles. The van der Waals surface area contributed by atoms with E-state index in [1.165, 1.54) is 10.7 Å². The summed E-state index contributed by atoms with van der Waals surface area (Å²) in [7, 11) is 3.50. The van der Waals surface area contributed by atoms with Crippen molar-refractivity contribution in [3.05, 3.63) is 18.0 Å². The largest absolute Gasteiger partial charge is 0.385 e. The highest BCUT2D eigenvalue weighted by molar-refractivity contribution is 5.94. The highest BCUT2D eigenvalue weighted by Gasteiger charge is 2.39. The van der Waals surface area contributed by atoms with Gasteiger partial charge in [-0.2, -0.15) is 0 Å². The number of rotatable bonds is 4. The first-order valence-corrected chi connectivity index (χ1v) is 6.33. The molecule has 3 rings (SSSR count). The number of hydrogen-bond donors (Lipinski definition) is 3. The molecular weight excluding hydrogens is 263 g/mol. The molecule has 0 unspecified atom stereocenters. The summed E-state index contributed by atoms with van der Waals surface area (Å²) in [5.74, 6) is 0.231. The van der Waals surface area contributed by atoms with Gasteiger partial charge < -0.3 is 16.0 Å². The molecule has 0 bridgehead atoms. The number of alkyl halides is 1. The number of amides is 1. The van der Waals surface area contributed by atoms with Crippen molar-refractivity contribution in [1.82, 2.24) is 19.9 Å². The van der Waals surface area contributed by atoms with E-state index >= 15 is 0 Å². The minimum absolute atomic E-state index is 0.285. The fourth-order valence-corrected chi connectivity index (χ4v) is 1.99. The van der Waals surface area contributed by atoms with Crippen LogP contribution in [-0.2, 0) is 0 Å². The fraction of sp³-hybridized carbons (Fsp3) is 0.417. The van der Waals surface area contributed by atoms with Crippen LogP contribution in [0.3, 0.4) is 0 Å². The molecule has 1 aliphatic rings. The standard InChI is InChI=1S/C12H15FN6O/c1-14-8-4-10(15-2)18-19-9(5-16-11(8)19)12(20)17-7-3-6(7)13/h4-7,14H,3H2,1-2H3,(H,15,18)(H,17,20)/t6-,7+/m0/s1. The molecule has 106 valence electrons. The lowest BCUT2D eigenvalue weighted by Crippen LogP contribution is -2.28. The van der Waals surface area contributed by atoms with Crippen LogP contribution in [-0.4, -0.2) is 46.8 Å². The fourth-order valence-electron chi connectivity index (χ4n) is 1.99. The van der Waals surface area contributed by atoms with Crippen molar-refractivity contribution in [3.8, 4) is 0 Å². The van der Waals surface area contributed by atoms with Crippen LogP contribution in [0.25, 0.3) is 5.65 Å². The van der Waals surface area contributed by atoms with E-state index < -0.39 is 6.17 Å². The third kappa shape index (κ3) is 2.02. The zero-order valence-corrected chi connectivity index (χ0v) is 11.1. The second-order valence-electron chi connectivity index (χ2n) is 4.65. The summed E-state index contributed by atoms with van der Waals surface area (Å²) in [6.45, 7) is 0. The molecular formula is C12H15FN6O. The number of fused-ring (bicyclic) bond motifs is 1. The molecule has 3 N–H and O–H groups in total. The molecule has 2 aromatic rings. The molecule has 0 aromatic carbocycles. The lowest BCUT2D eigenvalue weighted by Gasteiger charge is -2.08. The van der Waals surface area contributed by atoms with Crippen LogP contribution in [0.5, 0.6) is 0 Å². The summed E-state index contributed by atoms with van der Waals surface area (Å²) >= 11 is 0. The molecule has 0 spiro atoms. The van der Waals surface area contributed by atoms with Crippen LogP contribution in [0.2, 0.25) is 0 Å². The van der Waals surface area contributed by atoms with Crippen molar-refractivity contribution in [2.45, 2.75) is 18.6 Å². The van der Waals surface area contributed by atoms with Crippen LogP contribution >= 0.6 is 0 Å². The van der Waals surface area contributed by atoms with Gasteiger partial charge in [0.2, 0.25) is 0 Å². The van der Waals surface area contributed by atoms with Crippen molar-refractivity contribution < 1.29 is 9.18 Å². The van der Waals surface area contributed by atoms with Gasteiger partial charge in [-0.25, -0.2) is 13.9 Å². The molecule has 2 atom stereocenters. The first-order valence-electron chi connectivity index (χ1n) is 6.33. The third-order valence-electron chi connectivity index (χ3n) is 3.25. The van der Waals surface area contributed by atoms with E-state index in [0.29, 0.717) is 17.9 Å². The highest BCUT2D eigenvalue weighted by Crippen LogP contribution is 2.25. The molecule has 1 amide bonds. The monoisotopic (exact) mass is 278 g/mol. The van der Waals surface area contributed by atoms with Crippen LogP contribution in [0.15, 0.2) is 12.3 Å². The number of imidazole rings is 1. The Bertz CT molecular complexity index is 669. The van der Waals surface area contributed by atoms with Gasteiger partial charge >= 0.3 is 0 Å². The van der Waals surface area contributed by atoms with Crippen LogP contribution in [0, 0.1) is 0 Å². The van der Waals surface area contributed by atoms with Gasteiger partial charge in [-0.15, -0.1) is 5.10 Å². The molecule has 0 saturated heterocycles. The smallest absolute Gasteiger partial charge is 0.271 e. The molecule has 1 aliphatic carbocycles. The summed E-state index contributed by atoms with van der Waals surface area (Å²) in [5.41, 5.74) is 1.58. The molecule has 1 fully saturated rings. The summed E-state index contributed by atoms with van der Waals surface area (Å²) in [6.07, 6.45) is 0.874. The molecule has 0 aliphatic heterocycles. The van der Waals surface area contributed by atoms with Gasteiger partial charge in [-0.1, -0.05) is 0 Å². The Morgan fingerprint density at radius 2 is 2.20 bits per heavy atom. The number of carbonyl (C=O) groups excluding carboxylic acids is 1. The number of nitrogens with zero attached hydrogens (tertiary/aromatic N) is 3. The van der Waals surface area contributed by atoms with Crippen molar-refractivity contribution in [2.24, 2.45) is 0 Å². The number of carbonyl (C=O) groups is 1. The van der Waals surface area contributed by atoms with E-state index in [0.717, 1.165) is 5.69 Å². The highest BCUT2D eigenvalue weighted by atomic mass is 19.1. The number of hydrogen-bond acceptors (Lipinski definition) is 5. The molecule has 7 nitrogen and oxygen atoms in total.